The molecule has 3 nitrogen and oxygen atoms in total. The predicted molar refractivity (Wildman–Crippen MR) is 45.7 cm³/mol. The number of rotatable bonds is 8. The first-order valence-corrected chi connectivity index (χ1v) is 4.31. The second-order valence-corrected chi connectivity index (χ2v) is 2.44. The van der Waals surface area contributed by atoms with Crippen LogP contribution < -0.4 is 5.32 Å². The minimum absolute atomic E-state index is 0.127. The highest BCUT2D eigenvalue weighted by Crippen LogP contribution is 1.80. The van der Waals surface area contributed by atoms with E-state index in [2.05, 4.69) is 12.2 Å². The van der Waals surface area contributed by atoms with Gasteiger partial charge in [0.1, 0.15) is 0 Å². The molecule has 68 valence electrons. The summed E-state index contributed by atoms with van der Waals surface area (Å²) in [5, 5.41) is 11.6. The number of hydrogen-bond acceptors (Lipinski definition) is 3. The first-order chi connectivity index (χ1) is 5.41. The maximum atomic E-state index is 8.37. The molecule has 0 heterocycles. The highest BCUT2D eigenvalue weighted by molar-refractivity contribution is 4.44. The van der Waals surface area contributed by atoms with Crippen molar-refractivity contribution < 1.29 is 9.84 Å². The summed E-state index contributed by atoms with van der Waals surface area (Å²) in [6.45, 7) is 5.59. The fraction of sp³-hybridized carbons (Fsp3) is 1.00. The van der Waals surface area contributed by atoms with Crippen LogP contribution in [0.4, 0.5) is 0 Å². The summed E-state index contributed by atoms with van der Waals surface area (Å²) in [5.74, 6) is 0. The third-order valence-electron chi connectivity index (χ3n) is 1.30. The van der Waals surface area contributed by atoms with E-state index in [9.17, 15) is 0 Å². The van der Waals surface area contributed by atoms with Crippen LogP contribution in [-0.4, -0.2) is 38.0 Å². The molecule has 0 spiro atoms. The molecule has 0 aliphatic carbocycles. The van der Waals surface area contributed by atoms with E-state index < -0.39 is 0 Å². The van der Waals surface area contributed by atoms with Gasteiger partial charge in [-0.2, -0.15) is 0 Å². The van der Waals surface area contributed by atoms with Crippen molar-refractivity contribution in [2.75, 3.05) is 32.9 Å². The molecule has 0 radical (unpaired) electrons. The highest BCUT2D eigenvalue weighted by Gasteiger charge is 1.87. The van der Waals surface area contributed by atoms with E-state index in [0.717, 1.165) is 26.1 Å². The number of aliphatic hydroxyl groups excluding tert-OH is 1. The molecule has 0 saturated heterocycles. The van der Waals surface area contributed by atoms with Crippen LogP contribution in [0.25, 0.3) is 0 Å². The van der Waals surface area contributed by atoms with Crippen LogP contribution in [0.5, 0.6) is 0 Å². The van der Waals surface area contributed by atoms with Gasteiger partial charge in [-0.15, -0.1) is 0 Å². The van der Waals surface area contributed by atoms with E-state index in [0.29, 0.717) is 6.61 Å². The van der Waals surface area contributed by atoms with Crippen molar-refractivity contribution in [1.82, 2.24) is 5.32 Å². The van der Waals surface area contributed by atoms with Crippen LogP contribution in [0.2, 0.25) is 0 Å². The van der Waals surface area contributed by atoms with Crippen LogP contribution in [0.1, 0.15) is 19.8 Å². The largest absolute Gasteiger partial charge is 0.394 e. The van der Waals surface area contributed by atoms with Crippen LogP contribution in [0.3, 0.4) is 0 Å². The van der Waals surface area contributed by atoms with Crippen LogP contribution >= 0.6 is 0 Å². The van der Waals surface area contributed by atoms with Crippen molar-refractivity contribution in [2.24, 2.45) is 0 Å². The first-order valence-electron chi connectivity index (χ1n) is 4.31. The Bertz CT molecular complexity index is 61.1. The molecule has 0 unspecified atom stereocenters. The summed E-state index contributed by atoms with van der Waals surface area (Å²) in [7, 11) is 0. The van der Waals surface area contributed by atoms with E-state index in [1.807, 2.05) is 0 Å². The maximum absolute atomic E-state index is 8.37. The van der Waals surface area contributed by atoms with Crippen LogP contribution in [0, 0.1) is 0 Å². The topological polar surface area (TPSA) is 41.5 Å². The van der Waals surface area contributed by atoms with Gasteiger partial charge in [0.05, 0.1) is 13.2 Å². The van der Waals surface area contributed by atoms with Crippen molar-refractivity contribution in [1.29, 1.82) is 0 Å². The Morgan fingerprint density at radius 2 is 2.09 bits per heavy atom. The average Bonchev–Trinajstić information content (AvgIpc) is 2.03. The van der Waals surface area contributed by atoms with Gasteiger partial charge in [0, 0.05) is 6.61 Å². The molecular weight excluding hydrogens is 142 g/mol. The molecule has 0 amide bonds. The van der Waals surface area contributed by atoms with Gasteiger partial charge in [0.15, 0.2) is 0 Å². The lowest BCUT2D eigenvalue weighted by Crippen LogP contribution is -2.17. The quantitative estimate of drug-likeness (QED) is 0.506. The summed E-state index contributed by atoms with van der Waals surface area (Å²) in [5.41, 5.74) is 0. The van der Waals surface area contributed by atoms with Crippen LogP contribution in [-0.2, 0) is 4.74 Å². The maximum Gasteiger partial charge on any atom is 0.0697 e. The highest BCUT2D eigenvalue weighted by atomic mass is 16.5. The standard InChI is InChI=1S/C8H19NO2/c1-2-4-9-5-3-7-11-8-6-10/h9-10H,2-8H2,1H3. The molecule has 0 saturated carbocycles. The molecule has 2 N–H and O–H groups in total. The Labute approximate surface area is 68.8 Å². The van der Waals surface area contributed by atoms with Gasteiger partial charge >= 0.3 is 0 Å². The minimum Gasteiger partial charge on any atom is -0.394 e. The Hall–Kier alpha value is -0.120. The van der Waals surface area contributed by atoms with E-state index in [4.69, 9.17) is 9.84 Å². The lowest BCUT2D eigenvalue weighted by Gasteiger charge is -2.02. The smallest absolute Gasteiger partial charge is 0.0697 e. The Balaban J connectivity index is 2.69. The average molecular weight is 161 g/mol. The molecule has 0 rings (SSSR count). The van der Waals surface area contributed by atoms with Crippen molar-refractivity contribution in [3.8, 4) is 0 Å². The predicted octanol–water partition coefficient (Wildman–Crippen LogP) is 0.385. The number of aliphatic hydroxyl groups is 1. The molecule has 0 aromatic carbocycles. The zero-order valence-electron chi connectivity index (χ0n) is 7.31. The number of ether oxygens (including phenoxy) is 1. The fourth-order valence-corrected chi connectivity index (χ4v) is 0.768. The lowest BCUT2D eigenvalue weighted by atomic mass is 10.4. The van der Waals surface area contributed by atoms with Crippen LogP contribution in [0.15, 0.2) is 0 Å². The summed E-state index contributed by atoms with van der Waals surface area (Å²) in [6, 6.07) is 0. The Morgan fingerprint density at radius 1 is 1.27 bits per heavy atom. The van der Waals surface area contributed by atoms with E-state index in [1.165, 1.54) is 6.42 Å². The third kappa shape index (κ3) is 9.88. The summed E-state index contributed by atoms with van der Waals surface area (Å²) in [6.07, 6.45) is 2.21. The first kappa shape index (κ1) is 10.9. The molecule has 0 aromatic heterocycles. The zero-order valence-corrected chi connectivity index (χ0v) is 7.31. The van der Waals surface area contributed by atoms with Crippen molar-refractivity contribution in [3.05, 3.63) is 0 Å². The van der Waals surface area contributed by atoms with Gasteiger partial charge in [-0.1, -0.05) is 6.92 Å². The SMILES string of the molecule is CCCNCCCOCCO. The Kier molecular flexibility index (Phi) is 9.77. The number of nitrogens with one attached hydrogen (secondary N) is 1. The summed E-state index contributed by atoms with van der Waals surface area (Å²) >= 11 is 0. The van der Waals surface area contributed by atoms with Gasteiger partial charge < -0.3 is 15.2 Å². The molecule has 3 heteroatoms. The molecule has 11 heavy (non-hydrogen) atoms. The van der Waals surface area contributed by atoms with Crippen molar-refractivity contribution in [2.45, 2.75) is 19.8 Å². The summed E-state index contributed by atoms with van der Waals surface area (Å²) < 4.78 is 5.07. The van der Waals surface area contributed by atoms with Gasteiger partial charge in [-0.25, -0.2) is 0 Å². The minimum atomic E-state index is 0.127. The van der Waals surface area contributed by atoms with Crippen molar-refractivity contribution >= 4 is 0 Å². The van der Waals surface area contributed by atoms with E-state index in [1.54, 1.807) is 0 Å². The summed E-state index contributed by atoms with van der Waals surface area (Å²) in [4.78, 5) is 0. The zero-order chi connectivity index (χ0) is 8.36. The Morgan fingerprint density at radius 3 is 2.73 bits per heavy atom. The molecule has 0 aromatic rings. The number of hydrogen-bond donors (Lipinski definition) is 2. The molecule has 0 bridgehead atoms. The van der Waals surface area contributed by atoms with Crippen molar-refractivity contribution in [3.63, 3.8) is 0 Å². The molecular formula is C8H19NO2. The van der Waals surface area contributed by atoms with E-state index >= 15 is 0 Å². The molecule has 0 aliphatic heterocycles. The van der Waals surface area contributed by atoms with Gasteiger partial charge in [0.25, 0.3) is 0 Å². The second kappa shape index (κ2) is 9.88. The molecule has 0 fully saturated rings. The third-order valence-corrected chi connectivity index (χ3v) is 1.30. The van der Waals surface area contributed by atoms with Gasteiger partial charge in [-0.3, -0.25) is 0 Å². The fourth-order valence-electron chi connectivity index (χ4n) is 0.768. The monoisotopic (exact) mass is 161 g/mol. The second-order valence-electron chi connectivity index (χ2n) is 2.44. The van der Waals surface area contributed by atoms with E-state index in [-0.39, 0.29) is 6.61 Å². The lowest BCUT2D eigenvalue weighted by molar-refractivity contribution is 0.0908. The van der Waals surface area contributed by atoms with Gasteiger partial charge in [-0.05, 0) is 25.9 Å². The van der Waals surface area contributed by atoms with Gasteiger partial charge in [0.2, 0.25) is 0 Å². The normalized spacial score (nSPS) is 10.4. The molecule has 0 aliphatic rings. The molecule has 0 atom stereocenters.